The number of carboxylic acid groups (broad SMARTS) is 1. The first-order valence-electron chi connectivity index (χ1n) is 5.21. The summed E-state index contributed by atoms with van der Waals surface area (Å²) in [5, 5.41) is 8.84. The minimum Gasteiger partial charge on any atom is -0.481 e. The van der Waals surface area contributed by atoms with E-state index in [-0.39, 0.29) is 5.56 Å². The van der Waals surface area contributed by atoms with E-state index in [0.29, 0.717) is 0 Å². The molecule has 0 fully saturated rings. The topological polar surface area (TPSA) is 63.3 Å². The highest BCUT2D eigenvalue weighted by molar-refractivity contribution is 5.69. The predicted molar refractivity (Wildman–Crippen MR) is 59.6 cm³/mol. The lowest BCUT2D eigenvalue weighted by Gasteiger charge is -2.33. The SMILES string of the molecule is CC(N)C(C)(CC(=O)O)c1c(F)cccc1F. The van der Waals surface area contributed by atoms with Gasteiger partial charge < -0.3 is 10.8 Å². The lowest BCUT2D eigenvalue weighted by Crippen LogP contribution is -2.44. The van der Waals surface area contributed by atoms with Crippen molar-refractivity contribution in [2.24, 2.45) is 5.73 Å². The number of carboxylic acids is 1. The van der Waals surface area contributed by atoms with Crippen molar-refractivity contribution in [3.63, 3.8) is 0 Å². The molecule has 1 rings (SSSR count). The number of hydrogen-bond acceptors (Lipinski definition) is 2. The number of hydrogen-bond donors (Lipinski definition) is 2. The highest BCUT2D eigenvalue weighted by Crippen LogP contribution is 2.34. The average molecular weight is 243 g/mol. The first-order chi connectivity index (χ1) is 7.79. The average Bonchev–Trinajstić information content (AvgIpc) is 2.15. The molecule has 0 saturated carbocycles. The number of aliphatic carboxylic acids is 1. The Kier molecular flexibility index (Phi) is 3.83. The Labute approximate surface area is 98.2 Å². The smallest absolute Gasteiger partial charge is 0.304 e. The van der Waals surface area contributed by atoms with Crippen molar-refractivity contribution in [1.29, 1.82) is 0 Å². The van der Waals surface area contributed by atoms with E-state index in [1.165, 1.54) is 19.9 Å². The first kappa shape index (κ1) is 13.6. The van der Waals surface area contributed by atoms with Gasteiger partial charge in [-0.2, -0.15) is 0 Å². The standard InChI is InChI=1S/C12H15F2NO2/c1-7(15)12(2,6-10(16)17)11-8(13)4-3-5-9(11)14/h3-5,7H,6,15H2,1-2H3,(H,16,17). The Hall–Kier alpha value is -1.49. The Balaban J connectivity index is 3.37. The van der Waals surface area contributed by atoms with Gasteiger partial charge in [0, 0.05) is 17.0 Å². The molecular weight excluding hydrogens is 228 g/mol. The van der Waals surface area contributed by atoms with Crippen molar-refractivity contribution in [2.75, 3.05) is 0 Å². The van der Waals surface area contributed by atoms with Gasteiger partial charge >= 0.3 is 5.97 Å². The van der Waals surface area contributed by atoms with Gasteiger partial charge in [-0.25, -0.2) is 8.78 Å². The molecule has 5 heteroatoms. The van der Waals surface area contributed by atoms with Crippen LogP contribution in [0.3, 0.4) is 0 Å². The summed E-state index contributed by atoms with van der Waals surface area (Å²) in [4.78, 5) is 10.8. The van der Waals surface area contributed by atoms with Gasteiger partial charge in [0.2, 0.25) is 0 Å². The molecule has 0 bridgehead atoms. The summed E-state index contributed by atoms with van der Waals surface area (Å²) < 4.78 is 27.3. The molecule has 0 saturated heterocycles. The van der Waals surface area contributed by atoms with Crippen molar-refractivity contribution in [2.45, 2.75) is 31.7 Å². The number of nitrogens with two attached hydrogens (primary N) is 1. The van der Waals surface area contributed by atoms with Crippen LogP contribution in [0.4, 0.5) is 8.78 Å². The molecular formula is C12H15F2NO2. The van der Waals surface area contributed by atoms with E-state index < -0.39 is 35.5 Å². The highest BCUT2D eigenvalue weighted by Gasteiger charge is 2.38. The fourth-order valence-electron chi connectivity index (χ4n) is 1.83. The Morgan fingerprint density at radius 2 is 1.94 bits per heavy atom. The van der Waals surface area contributed by atoms with E-state index in [0.717, 1.165) is 12.1 Å². The quantitative estimate of drug-likeness (QED) is 0.850. The van der Waals surface area contributed by atoms with Gasteiger partial charge in [0.1, 0.15) is 11.6 Å². The van der Waals surface area contributed by atoms with E-state index in [4.69, 9.17) is 10.8 Å². The van der Waals surface area contributed by atoms with Gasteiger partial charge in [-0.05, 0) is 19.1 Å². The van der Waals surface area contributed by atoms with Crippen LogP contribution in [0, 0.1) is 11.6 Å². The summed E-state index contributed by atoms with van der Waals surface area (Å²) in [5.74, 6) is -2.69. The monoisotopic (exact) mass is 243 g/mol. The van der Waals surface area contributed by atoms with E-state index in [2.05, 4.69) is 0 Å². The van der Waals surface area contributed by atoms with E-state index in [1.54, 1.807) is 0 Å². The minimum atomic E-state index is -1.28. The lowest BCUT2D eigenvalue weighted by molar-refractivity contribution is -0.138. The van der Waals surface area contributed by atoms with Crippen molar-refractivity contribution in [1.82, 2.24) is 0 Å². The molecule has 0 aliphatic heterocycles. The van der Waals surface area contributed by atoms with E-state index in [1.807, 2.05) is 0 Å². The van der Waals surface area contributed by atoms with Crippen molar-refractivity contribution >= 4 is 5.97 Å². The van der Waals surface area contributed by atoms with Gasteiger partial charge in [-0.3, -0.25) is 4.79 Å². The van der Waals surface area contributed by atoms with Crippen LogP contribution in [-0.2, 0) is 10.2 Å². The predicted octanol–water partition coefficient (Wildman–Crippen LogP) is 2.04. The summed E-state index contributed by atoms with van der Waals surface area (Å²) in [7, 11) is 0. The molecule has 0 amide bonds. The van der Waals surface area contributed by atoms with Gasteiger partial charge in [-0.15, -0.1) is 0 Å². The zero-order chi connectivity index (χ0) is 13.2. The van der Waals surface area contributed by atoms with Crippen LogP contribution in [0.5, 0.6) is 0 Å². The summed E-state index contributed by atoms with van der Waals surface area (Å²) in [6, 6.07) is 2.74. The van der Waals surface area contributed by atoms with Gasteiger partial charge in [0.25, 0.3) is 0 Å². The zero-order valence-electron chi connectivity index (χ0n) is 9.71. The lowest BCUT2D eigenvalue weighted by atomic mass is 9.74. The number of rotatable bonds is 4. The maximum Gasteiger partial charge on any atom is 0.304 e. The summed E-state index contributed by atoms with van der Waals surface area (Å²) >= 11 is 0. The normalized spacial score (nSPS) is 16.3. The molecule has 1 aromatic carbocycles. The Bertz CT molecular complexity index is 414. The van der Waals surface area contributed by atoms with Crippen molar-refractivity contribution in [3.8, 4) is 0 Å². The van der Waals surface area contributed by atoms with Crippen LogP contribution in [0.15, 0.2) is 18.2 Å². The van der Waals surface area contributed by atoms with Crippen LogP contribution in [0.1, 0.15) is 25.8 Å². The van der Waals surface area contributed by atoms with E-state index in [9.17, 15) is 13.6 Å². The number of benzene rings is 1. The molecule has 3 nitrogen and oxygen atoms in total. The Morgan fingerprint density at radius 3 is 2.29 bits per heavy atom. The zero-order valence-corrected chi connectivity index (χ0v) is 9.71. The van der Waals surface area contributed by atoms with Crippen LogP contribution >= 0.6 is 0 Å². The fraction of sp³-hybridized carbons (Fsp3) is 0.417. The molecule has 0 heterocycles. The third kappa shape index (κ3) is 2.61. The first-order valence-corrected chi connectivity index (χ1v) is 5.21. The van der Waals surface area contributed by atoms with Crippen molar-refractivity contribution in [3.05, 3.63) is 35.4 Å². The molecule has 0 aromatic heterocycles. The summed E-state index contributed by atoms with van der Waals surface area (Å²) in [6.45, 7) is 2.99. The molecule has 0 radical (unpaired) electrons. The minimum absolute atomic E-state index is 0.266. The molecule has 1 aromatic rings. The van der Waals surface area contributed by atoms with Gasteiger partial charge in [-0.1, -0.05) is 13.0 Å². The second-order valence-electron chi connectivity index (χ2n) is 4.37. The molecule has 0 spiro atoms. The second-order valence-corrected chi connectivity index (χ2v) is 4.37. The molecule has 2 atom stereocenters. The van der Waals surface area contributed by atoms with Gasteiger partial charge in [0.15, 0.2) is 0 Å². The largest absolute Gasteiger partial charge is 0.481 e. The summed E-state index contributed by atoms with van der Waals surface area (Å²) in [6.07, 6.45) is -0.428. The fourth-order valence-corrected chi connectivity index (χ4v) is 1.83. The molecule has 0 aliphatic rings. The molecule has 94 valence electrons. The van der Waals surface area contributed by atoms with E-state index >= 15 is 0 Å². The van der Waals surface area contributed by atoms with Gasteiger partial charge in [0.05, 0.1) is 6.42 Å². The Morgan fingerprint density at radius 1 is 1.47 bits per heavy atom. The number of halogens is 2. The molecule has 0 aliphatic carbocycles. The second kappa shape index (κ2) is 4.79. The highest BCUT2D eigenvalue weighted by atomic mass is 19.1. The van der Waals surface area contributed by atoms with Crippen LogP contribution in [0.2, 0.25) is 0 Å². The maximum absolute atomic E-state index is 13.7. The maximum atomic E-state index is 13.7. The molecule has 2 unspecified atom stereocenters. The van der Waals surface area contributed by atoms with Crippen molar-refractivity contribution < 1.29 is 18.7 Å². The van der Waals surface area contributed by atoms with Crippen LogP contribution < -0.4 is 5.73 Å². The number of carbonyl (C=O) groups is 1. The van der Waals surface area contributed by atoms with Crippen LogP contribution in [0.25, 0.3) is 0 Å². The van der Waals surface area contributed by atoms with Crippen LogP contribution in [-0.4, -0.2) is 17.1 Å². The third-order valence-corrected chi connectivity index (χ3v) is 3.06. The molecule has 17 heavy (non-hydrogen) atoms. The third-order valence-electron chi connectivity index (χ3n) is 3.06. The summed E-state index contributed by atoms with van der Waals surface area (Å²) in [5.41, 5.74) is 4.15. The molecule has 3 N–H and O–H groups in total.